The Morgan fingerprint density at radius 1 is 1.06 bits per heavy atom. The Bertz CT molecular complexity index is 1320. The fraction of sp³-hybridized carbons (Fsp3) is 0.231. The molecule has 0 bridgehead atoms. The van der Waals surface area contributed by atoms with Gasteiger partial charge in [-0.3, -0.25) is 19.3 Å². The lowest BCUT2D eigenvalue weighted by Gasteiger charge is -2.27. The zero-order valence-corrected chi connectivity index (χ0v) is 20.3. The summed E-state index contributed by atoms with van der Waals surface area (Å²) in [5.74, 6) is -2.15. The van der Waals surface area contributed by atoms with Gasteiger partial charge in [0, 0.05) is 5.69 Å². The number of esters is 1. The zero-order chi connectivity index (χ0) is 25.3. The highest BCUT2D eigenvalue weighted by Crippen LogP contribution is 2.43. The second-order valence-corrected chi connectivity index (χ2v) is 9.26. The van der Waals surface area contributed by atoms with E-state index in [1.165, 1.54) is 28.4 Å². The fourth-order valence-corrected chi connectivity index (χ4v) is 4.97. The fourth-order valence-electron chi connectivity index (χ4n) is 4.09. The van der Waals surface area contributed by atoms with Crippen molar-refractivity contribution in [2.45, 2.75) is 33.2 Å². The number of rotatable bonds is 7. The van der Waals surface area contributed by atoms with Crippen molar-refractivity contribution in [3.63, 3.8) is 0 Å². The Hall–Kier alpha value is -3.98. The Labute approximate surface area is 206 Å². The monoisotopic (exact) mass is 492 g/mol. The van der Waals surface area contributed by atoms with E-state index in [4.69, 9.17) is 4.74 Å². The SMILES string of the molecule is CCOC(=O)Cc1ccc(N2C(=O)C(O)=C(C(=O)c3sc(C)nc3C)C2c2ccc(O)cc2)cc1. The number of nitrogens with zero attached hydrogens (tertiary/aromatic N) is 2. The molecule has 180 valence electrons. The van der Waals surface area contributed by atoms with E-state index in [9.17, 15) is 24.6 Å². The average molecular weight is 493 g/mol. The van der Waals surface area contributed by atoms with Crippen LogP contribution in [-0.4, -0.2) is 39.5 Å². The molecule has 9 heteroatoms. The molecule has 1 aliphatic rings. The van der Waals surface area contributed by atoms with Gasteiger partial charge in [-0.05, 0) is 56.2 Å². The third-order valence-electron chi connectivity index (χ3n) is 5.64. The van der Waals surface area contributed by atoms with Gasteiger partial charge in [-0.15, -0.1) is 11.3 Å². The predicted octanol–water partition coefficient (Wildman–Crippen LogP) is 4.35. The number of amides is 1. The van der Waals surface area contributed by atoms with Gasteiger partial charge in [-0.2, -0.15) is 0 Å². The maximum Gasteiger partial charge on any atom is 0.310 e. The predicted molar refractivity (Wildman–Crippen MR) is 131 cm³/mol. The Balaban J connectivity index is 1.76. The number of hydrogen-bond acceptors (Lipinski definition) is 8. The van der Waals surface area contributed by atoms with Gasteiger partial charge in [0.15, 0.2) is 5.76 Å². The average Bonchev–Trinajstić information content (AvgIpc) is 3.30. The number of benzene rings is 2. The highest BCUT2D eigenvalue weighted by atomic mass is 32.1. The van der Waals surface area contributed by atoms with E-state index >= 15 is 0 Å². The molecule has 1 amide bonds. The Morgan fingerprint density at radius 2 is 1.71 bits per heavy atom. The van der Waals surface area contributed by atoms with E-state index < -0.39 is 23.5 Å². The summed E-state index contributed by atoms with van der Waals surface area (Å²) in [5, 5.41) is 21.3. The molecule has 1 aromatic heterocycles. The van der Waals surface area contributed by atoms with Gasteiger partial charge < -0.3 is 14.9 Å². The Kier molecular flexibility index (Phi) is 6.70. The van der Waals surface area contributed by atoms with Gasteiger partial charge in [-0.25, -0.2) is 4.98 Å². The van der Waals surface area contributed by atoms with Crippen LogP contribution in [0.4, 0.5) is 5.69 Å². The van der Waals surface area contributed by atoms with E-state index in [1.54, 1.807) is 57.2 Å². The van der Waals surface area contributed by atoms with Gasteiger partial charge in [-0.1, -0.05) is 24.3 Å². The maximum atomic E-state index is 13.6. The molecule has 1 unspecified atom stereocenters. The van der Waals surface area contributed by atoms with Gasteiger partial charge in [0.05, 0.1) is 40.2 Å². The smallest absolute Gasteiger partial charge is 0.310 e. The van der Waals surface area contributed by atoms with Crippen molar-refractivity contribution in [2.24, 2.45) is 0 Å². The molecular formula is C26H24N2O6S. The molecule has 0 fully saturated rings. The number of aromatic nitrogens is 1. The van der Waals surface area contributed by atoms with Crippen LogP contribution in [0.1, 0.15) is 44.5 Å². The minimum Gasteiger partial charge on any atom is -0.508 e. The van der Waals surface area contributed by atoms with Gasteiger partial charge in [0.25, 0.3) is 5.91 Å². The molecule has 2 N–H and O–H groups in total. The second kappa shape index (κ2) is 9.71. The van der Waals surface area contributed by atoms with Crippen LogP contribution >= 0.6 is 11.3 Å². The number of aromatic hydroxyl groups is 1. The van der Waals surface area contributed by atoms with Crippen LogP contribution in [0.5, 0.6) is 5.75 Å². The third kappa shape index (κ3) is 4.67. The molecule has 2 heterocycles. The first-order valence-electron chi connectivity index (χ1n) is 11.0. The summed E-state index contributed by atoms with van der Waals surface area (Å²) in [6.07, 6.45) is 0.0840. The molecule has 0 aliphatic carbocycles. The van der Waals surface area contributed by atoms with E-state index in [2.05, 4.69) is 4.98 Å². The van der Waals surface area contributed by atoms with Gasteiger partial charge in [0.2, 0.25) is 5.78 Å². The number of hydrogen-bond donors (Lipinski definition) is 2. The van der Waals surface area contributed by atoms with Crippen molar-refractivity contribution in [3.05, 3.63) is 86.6 Å². The molecule has 0 radical (unpaired) electrons. The lowest BCUT2D eigenvalue weighted by Crippen LogP contribution is -2.31. The molecule has 1 atom stereocenters. The lowest BCUT2D eigenvalue weighted by molar-refractivity contribution is -0.142. The van der Waals surface area contributed by atoms with Crippen molar-refractivity contribution in [1.29, 1.82) is 0 Å². The molecule has 2 aromatic carbocycles. The minimum atomic E-state index is -0.923. The molecule has 35 heavy (non-hydrogen) atoms. The van der Waals surface area contributed by atoms with Gasteiger partial charge in [0.1, 0.15) is 5.75 Å². The topological polar surface area (TPSA) is 117 Å². The number of phenolic OH excluding ortho intramolecular Hbond substituents is 1. The number of aryl methyl sites for hydroxylation is 2. The molecule has 0 saturated carbocycles. The number of carbonyl (C=O) groups excluding carboxylic acids is 3. The summed E-state index contributed by atoms with van der Waals surface area (Å²) in [6, 6.07) is 11.9. The number of Topliss-reactive ketones (excluding diaryl/α,β-unsaturated/α-hetero) is 1. The van der Waals surface area contributed by atoms with Crippen molar-refractivity contribution >= 4 is 34.7 Å². The molecule has 3 aromatic rings. The van der Waals surface area contributed by atoms with Crippen LogP contribution in [0, 0.1) is 13.8 Å². The summed E-state index contributed by atoms with van der Waals surface area (Å²) in [4.78, 5) is 44.7. The number of ketones is 1. The zero-order valence-electron chi connectivity index (χ0n) is 19.4. The van der Waals surface area contributed by atoms with Crippen molar-refractivity contribution in [2.75, 3.05) is 11.5 Å². The lowest BCUT2D eigenvalue weighted by atomic mass is 9.94. The molecule has 4 rings (SSSR count). The number of carbonyl (C=O) groups is 3. The van der Waals surface area contributed by atoms with Crippen molar-refractivity contribution in [1.82, 2.24) is 4.98 Å². The quantitative estimate of drug-likeness (QED) is 0.372. The number of anilines is 1. The third-order valence-corrected chi connectivity index (χ3v) is 6.71. The van der Waals surface area contributed by atoms with Crippen LogP contribution < -0.4 is 4.90 Å². The maximum absolute atomic E-state index is 13.6. The van der Waals surface area contributed by atoms with Gasteiger partial charge >= 0.3 is 5.97 Å². The number of ether oxygens (including phenoxy) is 1. The van der Waals surface area contributed by atoms with Crippen LogP contribution in [0.25, 0.3) is 0 Å². The highest BCUT2D eigenvalue weighted by molar-refractivity contribution is 7.14. The summed E-state index contributed by atoms with van der Waals surface area (Å²) in [5.41, 5.74) is 2.15. The van der Waals surface area contributed by atoms with E-state index in [0.29, 0.717) is 32.4 Å². The van der Waals surface area contributed by atoms with Crippen LogP contribution in [-0.2, 0) is 20.7 Å². The number of aliphatic hydroxyl groups excluding tert-OH is 1. The largest absolute Gasteiger partial charge is 0.508 e. The summed E-state index contributed by atoms with van der Waals surface area (Å²) >= 11 is 1.20. The van der Waals surface area contributed by atoms with Crippen molar-refractivity contribution < 1.29 is 29.3 Å². The molecule has 0 saturated heterocycles. The molecule has 1 aliphatic heterocycles. The molecular weight excluding hydrogens is 468 g/mol. The van der Waals surface area contributed by atoms with Crippen LogP contribution in [0.3, 0.4) is 0 Å². The minimum absolute atomic E-state index is 0.0305. The van der Waals surface area contributed by atoms with Crippen molar-refractivity contribution in [3.8, 4) is 5.75 Å². The number of phenols is 1. The second-order valence-electron chi connectivity index (χ2n) is 8.06. The first-order valence-corrected chi connectivity index (χ1v) is 11.8. The van der Waals surface area contributed by atoms with E-state index in [-0.39, 0.29) is 30.3 Å². The highest BCUT2D eigenvalue weighted by Gasteiger charge is 2.45. The summed E-state index contributed by atoms with van der Waals surface area (Å²) in [7, 11) is 0. The first-order chi connectivity index (χ1) is 16.7. The standard InChI is InChI=1S/C26H24N2O6S/c1-4-34-20(30)13-16-5-9-18(10-6-16)28-22(17-7-11-19(29)12-8-17)21(24(32)26(28)33)23(31)25-14(2)27-15(3)35-25/h5-12,22,29,32H,4,13H2,1-3H3. The number of aliphatic hydroxyl groups is 1. The normalized spacial score (nSPS) is 15.6. The van der Waals surface area contributed by atoms with Crippen LogP contribution in [0.15, 0.2) is 59.9 Å². The summed E-state index contributed by atoms with van der Waals surface area (Å²) < 4.78 is 4.98. The molecule has 8 nitrogen and oxygen atoms in total. The number of thiazole rings is 1. The van der Waals surface area contributed by atoms with E-state index in [1.807, 2.05) is 0 Å². The first kappa shape index (κ1) is 24.2. The Morgan fingerprint density at radius 3 is 2.29 bits per heavy atom. The van der Waals surface area contributed by atoms with Crippen LogP contribution in [0.2, 0.25) is 0 Å². The van der Waals surface area contributed by atoms with E-state index in [0.717, 1.165) is 0 Å². The summed E-state index contributed by atoms with van der Waals surface area (Å²) in [6.45, 7) is 5.51. The molecule has 0 spiro atoms.